The first kappa shape index (κ1) is 46.6. The summed E-state index contributed by atoms with van der Waals surface area (Å²) in [5.41, 5.74) is 24.1. The zero-order valence-corrected chi connectivity index (χ0v) is 45.7. The maximum absolute atomic E-state index is 2.55. The lowest BCUT2D eigenvalue weighted by molar-refractivity contribution is 0.747. The highest BCUT2D eigenvalue weighted by Crippen LogP contribution is 2.62. The molecule has 392 valence electrons. The Labute approximate surface area is 485 Å². The van der Waals surface area contributed by atoms with Gasteiger partial charge in [0.05, 0.1) is 44.2 Å². The van der Waals surface area contributed by atoms with Gasteiger partial charge in [-0.05, 0) is 167 Å². The molecule has 0 saturated heterocycles. The molecular weight excluding hydrogens is 1020 g/mol. The second-order valence-electron chi connectivity index (χ2n) is 22.4. The van der Waals surface area contributed by atoms with Gasteiger partial charge in [-0.3, -0.25) is 0 Å². The van der Waals surface area contributed by atoms with Crippen LogP contribution >= 0.6 is 0 Å². The maximum atomic E-state index is 2.55. The van der Waals surface area contributed by atoms with E-state index in [-0.39, 0.29) is 0 Å². The van der Waals surface area contributed by atoms with Gasteiger partial charge < -0.3 is 23.5 Å². The Kier molecular flexibility index (Phi) is 9.95. The number of hydrogen-bond donors (Lipinski definition) is 0. The Morgan fingerprint density at radius 2 is 0.595 bits per heavy atom. The van der Waals surface area contributed by atoms with Crippen molar-refractivity contribution in [2.24, 2.45) is 0 Å². The molecule has 4 heterocycles. The molecule has 0 atom stereocenters. The predicted octanol–water partition coefficient (Wildman–Crippen LogP) is 20.6. The minimum Gasteiger partial charge on any atom is -0.310 e. The van der Waals surface area contributed by atoms with E-state index in [4.69, 9.17) is 0 Å². The molecule has 0 N–H and O–H groups in total. The predicted molar refractivity (Wildman–Crippen MR) is 350 cm³/mol. The topological polar surface area (TPSA) is 21.3 Å². The average Bonchev–Trinajstić information content (AvgIpc) is 1.49. The van der Waals surface area contributed by atoms with E-state index in [9.17, 15) is 0 Å². The molecule has 5 heteroatoms. The molecule has 3 aromatic heterocycles. The van der Waals surface area contributed by atoms with Crippen molar-refractivity contribution >= 4 is 99.5 Å². The van der Waals surface area contributed by atoms with Gasteiger partial charge >= 0.3 is 0 Å². The normalized spacial score (nSPS) is 12.9. The summed E-state index contributed by atoms with van der Waals surface area (Å²) < 4.78 is 7.55. The van der Waals surface area contributed by atoms with Crippen molar-refractivity contribution in [3.63, 3.8) is 0 Å². The van der Waals surface area contributed by atoms with Crippen LogP contribution in [-0.2, 0) is 5.41 Å². The Bertz CT molecular complexity index is 4990. The van der Waals surface area contributed by atoms with Crippen LogP contribution in [0.3, 0.4) is 0 Å². The molecule has 0 saturated carbocycles. The van der Waals surface area contributed by atoms with Gasteiger partial charge in [-0.1, -0.05) is 176 Å². The van der Waals surface area contributed by atoms with Gasteiger partial charge in [0.25, 0.3) is 0 Å². The highest BCUT2D eigenvalue weighted by Gasteiger charge is 2.51. The molecule has 0 amide bonds. The fraction of sp³-hybridized carbons (Fsp3) is 0.0127. The number of anilines is 6. The number of hydrogen-bond acceptors (Lipinski definition) is 2. The smallest absolute Gasteiger partial charge is 0.0756 e. The van der Waals surface area contributed by atoms with E-state index in [1.54, 1.807) is 0 Å². The van der Waals surface area contributed by atoms with E-state index in [1.165, 1.54) is 93.5 Å². The molecule has 1 aliphatic heterocycles. The number of rotatable bonds is 8. The van der Waals surface area contributed by atoms with Crippen LogP contribution in [-0.4, -0.2) is 13.7 Å². The van der Waals surface area contributed by atoms with E-state index in [0.717, 1.165) is 56.5 Å². The van der Waals surface area contributed by atoms with Gasteiger partial charge in [-0.15, -0.1) is 0 Å². The summed E-state index contributed by atoms with van der Waals surface area (Å²) >= 11 is 0. The van der Waals surface area contributed by atoms with Crippen molar-refractivity contribution < 1.29 is 0 Å². The Balaban J connectivity index is 0.883. The van der Waals surface area contributed by atoms with Crippen molar-refractivity contribution in [2.45, 2.75) is 5.41 Å². The molecule has 0 radical (unpaired) electrons. The van der Waals surface area contributed by atoms with E-state index >= 15 is 0 Å². The van der Waals surface area contributed by atoms with Gasteiger partial charge in [0.1, 0.15) is 0 Å². The second kappa shape index (κ2) is 17.9. The lowest BCUT2D eigenvalue weighted by Crippen LogP contribution is -2.33. The quantitative estimate of drug-likeness (QED) is 0.151. The Morgan fingerprint density at radius 1 is 0.226 bits per heavy atom. The van der Waals surface area contributed by atoms with Crippen molar-refractivity contribution in [3.05, 3.63) is 332 Å². The molecule has 2 aliphatic rings. The summed E-state index contributed by atoms with van der Waals surface area (Å²) in [6.07, 6.45) is 0. The van der Waals surface area contributed by atoms with Crippen molar-refractivity contribution in [1.29, 1.82) is 0 Å². The molecule has 84 heavy (non-hydrogen) atoms. The van der Waals surface area contributed by atoms with Crippen LogP contribution in [0.5, 0.6) is 0 Å². The second-order valence-corrected chi connectivity index (χ2v) is 22.4. The molecular formula is C79H51N5. The molecule has 0 fully saturated rings. The minimum absolute atomic E-state index is 0.716. The Morgan fingerprint density at radius 3 is 1.07 bits per heavy atom. The molecule has 1 spiro atoms. The van der Waals surface area contributed by atoms with E-state index in [0.29, 0.717) is 0 Å². The highest BCUT2D eigenvalue weighted by atomic mass is 15.1. The van der Waals surface area contributed by atoms with Crippen LogP contribution in [0.1, 0.15) is 22.3 Å². The largest absolute Gasteiger partial charge is 0.310 e. The molecule has 1 aliphatic carbocycles. The third-order valence-corrected chi connectivity index (χ3v) is 18.2. The van der Waals surface area contributed by atoms with Crippen molar-refractivity contribution in [3.8, 4) is 28.2 Å². The summed E-state index contributed by atoms with van der Waals surface area (Å²) in [5.74, 6) is 0. The minimum atomic E-state index is -0.716. The first-order valence-electron chi connectivity index (χ1n) is 29.0. The molecule has 16 aromatic rings. The fourth-order valence-corrected chi connectivity index (χ4v) is 14.8. The first-order valence-corrected chi connectivity index (χ1v) is 29.0. The number of aromatic nitrogens is 3. The van der Waals surface area contributed by atoms with Crippen LogP contribution in [0.4, 0.5) is 34.1 Å². The number of fused-ring (bicyclic) bond motifs is 18. The highest BCUT2D eigenvalue weighted by molar-refractivity contribution is 6.15. The van der Waals surface area contributed by atoms with E-state index < -0.39 is 5.41 Å². The lowest BCUT2D eigenvalue weighted by atomic mass is 9.65. The van der Waals surface area contributed by atoms with Gasteiger partial charge in [0.15, 0.2) is 0 Å². The van der Waals surface area contributed by atoms with Gasteiger partial charge in [-0.25, -0.2) is 0 Å². The summed E-state index contributed by atoms with van der Waals surface area (Å²) in [5, 5.41) is 7.34. The molecule has 5 nitrogen and oxygen atoms in total. The zero-order chi connectivity index (χ0) is 55.0. The summed E-state index contributed by atoms with van der Waals surface area (Å²) in [7, 11) is 0. The van der Waals surface area contributed by atoms with Gasteiger partial charge in [0.2, 0.25) is 0 Å². The SMILES string of the molecule is c1ccc(N(c2ccccc2)c2ccc3c(c2)c2ccccc2n3-c2ccc3c(c2)C2(c4cc(-n5c6ccccc6c6cc(N(c7ccccc7)c7ccccc7)ccc65)ccc4-3)c3ccccc3-n3c4ccccc4c4cccc2c43)cc1. The average molecular weight is 1070 g/mol. The zero-order valence-electron chi connectivity index (χ0n) is 45.7. The van der Waals surface area contributed by atoms with E-state index in [2.05, 4.69) is 333 Å². The summed E-state index contributed by atoms with van der Waals surface area (Å²) in [4.78, 5) is 4.72. The van der Waals surface area contributed by atoms with Crippen LogP contribution in [0.15, 0.2) is 309 Å². The van der Waals surface area contributed by atoms with Crippen molar-refractivity contribution in [2.75, 3.05) is 9.80 Å². The third-order valence-electron chi connectivity index (χ3n) is 18.2. The first-order chi connectivity index (χ1) is 41.7. The molecule has 13 aromatic carbocycles. The summed E-state index contributed by atoms with van der Waals surface area (Å²) in [6, 6.07) is 115. The van der Waals surface area contributed by atoms with Gasteiger partial charge in [0, 0.05) is 77.8 Å². The number of para-hydroxylation sites is 9. The number of nitrogens with zero attached hydrogens (tertiary/aromatic N) is 5. The van der Waals surface area contributed by atoms with Gasteiger partial charge in [-0.2, -0.15) is 0 Å². The number of benzene rings is 13. The van der Waals surface area contributed by atoms with Crippen LogP contribution in [0.25, 0.3) is 93.6 Å². The molecule has 0 bridgehead atoms. The summed E-state index contributed by atoms with van der Waals surface area (Å²) in [6.45, 7) is 0. The van der Waals surface area contributed by atoms with Crippen LogP contribution in [0, 0.1) is 0 Å². The monoisotopic (exact) mass is 1070 g/mol. The molecule has 18 rings (SSSR count). The third kappa shape index (κ3) is 6.49. The Hall–Kier alpha value is -11.1. The van der Waals surface area contributed by atoms with Crippen LogP contribution < -0.4 is 9.80 Å². The maximum Gasteiger partial charge on any atom is 0.0756 e. The van der Waals surface area contributed by atoms with E-state index in [1.807, 2.05) is 0 Å². The van der Waals surface area contributed by atoms with Crippen LogP contribution in [0.2, 0.25) is 0 Å². The molecule has 0 unspecified atom stereocenters. The van der Waals surface area contributed by atoms with Crippen molar-refractivity contribution in [1.82, 2.24) is 13.7 Å². The fourth-order valence-electron chi connectivity index (χ4n) is 14.8. The standard InChI is InChI=1S/C79H51N5/c1-5-22-52(23-6-1)80(53-24-7-2-8-25-53)56-42-46-75-66(48-56)63-31-14-17-36-72(63)82(75)58-40-44-60-61-45-41-59(83-73-37-18-15-32-64(73)67-49-57(43-47-76(67)83)81(54-26-9-3-10-27-54)55-28-11-4-12-29-55)51-71(61)79(70(60)50-58)68-34-16-20-39-77(68)84-74-38-19-13-30-62(74)65-33-21-35-69(79)78(65)84/h1-51H. The lowest BCUT2D eigenvalue weighted by Gasteiger charge is -2.40.